The van der Waals surface area contributed by atoms with Crippen molar-refractivity contribution < 1.29 is 37.2 Å². The number of aryl methyl sites for hydroxylation is 1. The number of nitrogens with zero attached hydrogens (tertiary/aromatic N) is 3. The maximum atomic E-state index is 13.7. The van der Waals surface area contributed by atoms with Crippen LogP contribution in [0.25, 0.3) is 0 Å². The van der Waals surface area contributed by atoms with Gasteiger partial charge in [0.1, 0.15) is 19.0 Å². The van der Waals surface area contributed by atoms with E-state index < -0.39 is 22.0 Å². The first-order valence-electron chi connectivity index (χ1n) is 13.1. The Hall–Kier alpha value is -3.22. The van der Waals surface area contributed by atoms with Crippen molar-refractivity contribution in [2.75, 3.05) is 44.1 Å². The molecule has 1 amide bonds. The Balaban J connectivity index is 1.62. The molecule has 3 heterocycles. The first-order chi connectivity index (χ1) is 18.6. The zero-order valence-electron chi connectivity index (χ0n) is 22.6. The first kappa shape index (κ1) is 28.8. The highest BCUT2D eigenvalue weighted by Gasteiger charge is 2.44. The van der Waals surface area contributed by atoms with E-state index in [1.54, 1.807) is 17.0 Å². The van der Waals surface area contributed by atoms with Crippen LogP contribution in [0, 0.1) is 5.92 Å². The number of nitrogens with one attached hydrogen (secondary N) is 1. The highest BCUT2D eigenvalue weighted by molar-refractivity contribution is 7.88. The standard InChI is InChI=1S/C27H36N4O7S/c1-4-5-11-31(20-7-6-10-29(2)14-20)26(34)16-30-15-21(19-12-24(33)27-25(13-19)37-18-38-27)22(17-32)23(30)8-9-28-39(3,35)36/h6-7,10,12-14,17,21-23,28H,4-5,8-9,11,15-16,18H2,1-3H3/p+1/t21-,22-,23+/m1/s1. The van der Waals surface area contributed by atoms with Crippen LogP contribution in [0.3, 0.4) is 0 Å². The highest BCUT2D eigenvalue weighted by atomic mass is 32.2. The Kier molecular flexibility index (Phi) is 9.08. The number of unbranched alkanes of at least 4 members (excludes halogenated alkanes) is 1. The number of benzene rings is 1. The number of hydrogen-bond donors (Lipinski definition) is 2. The molecule has 12 heteroatoms. The van der Waals surface area contributed by atoms with Crippen LogP contribution in [0.2, 0.25) is 0 Å². The number of aromatic nitrogens is 1. The van der Waals surface area contributed by atoms with Crippen LogP contribution in [0.4, 0.5) is 5.69 Å². The minimum absolute atomic E-state index is 0.000619. The van der Waals surface area contributed by atoms with Crippen LogP contribution in [-0.4, -0.2) is 75.9 Å². The van der Waals surface area contributed by atoms with Gasteiger partial charge in [-0.1, -0.05) is 13.3 Å². The molecule has 1 saturated heterocycles. The van der Waals surface area contributed by atoms with Gasteiger partial charge in [-0.05, 0) is 36.6 Å². The number of sulfonamides is 1. The lowest BCUT2D eigenvalue weighted by atomic mass is 9.85. The smallest absolute Gasteiger partial charge is 0.241 e. The number of phenols is 1. The Morgan fingerprint density at radius 1 is 1.33 bits per heavy atom. The van der Waals surface area contributed by atoms with Crippen molar-refractivity contribution in [3.63, 3.8) is 0 Å². The zero-order valence-corrected chi connectivity index (χ0v) is 23.4. The Labute approximate surface area is 229 Å². The van der Waals surface area contributed by atoms with Crippen molar-refractivity contribution in [1.82, 2.24) is 9.62 Å². The van der Waals surface area contributed by atoms with Gasteiger partial charge in [-0.2, -0.15) is 0 Å². The number of anilines is 1. The van der Waals surface area contributed by atoms with E-state index in [0.29, 0.717) is 30.8 Å². The monoisotopic (exact) mass is 561 g/mol. The summed E-state index contributed by atoms with van der Waals surface area (Å²) >= 11 is 0. The molecule has 1 aromatic heterocycles. The summed E-state index contributed by atoms with van der Waals surface area (Å²) in [6.07, 6.45) is 7.86. The molecular weight excluding hydrogens is 524 g/mol. The molecule has 0 radical (unpaired) electrons. The topological polar surface area (TPSA) is 129 Å². The second-order valence-corrected chi connectivity index (χ2v) is 12.0. The largest absolute Gasteiger partial charge is 0.504 e. The van der Waals surface area contributed by atoms with E-state index >= 15 is 0 Å². The first-order valence-corrected chi connectivity index (χ1v) is 15.0. The van der Waals surface area contributed by atoms with Crippen LogP contribution in [0.5, 0.6) is 17.2 Å². The molecule has 212 valence electrons. The number of pyridine rings is 1. The summed E-state index contributed by atoms with van der Waals surface area (Å²) in [6, 6.07) is 6.73. The third-order valence-corrected chi connectivity index (χ3v) is 8.01. The molecule has 0 bridgehead atoms. The predicted octanol–water partition coefficient (Wildman–Crippen LogP) is 1.30. The third-order valence-electron chi connectivity index (χ3n) is 7.28. The lowest BCUT2D eigenvalue weighted by molar-refractivity contribution is -0.670. The van der Waals surface area contributed by atoms with Crippen molar-refractivity contribution >= 4 is 27.9 Å². The summed E-state index contributed by atoms with van der Waals surface area (Å²) < 4.78 is 38.6. The molecule has 2 aliphatic rings. The molecule has 1 fully saturated rings. The van der Waals surface area contributed by atoms with E-state index in [0.717, 1.165) is 31.1 Å². The van der Waals surface area contributed by atoms with Crippen LogP contribution in [0.1, 0.15) is 37.7 Å². The van der Waals surface area contributed by atoms with Gasteiger partial charge < -0.3 is 24.3 Å². The SMILES string of the molecule is CCCCN(C(=O)CN1C[C@H](c2cc(O)c3c(c2)OCO3)[C@@H](C=O)[C@@H]1CCNS(C)(=O)=O)c1ccc[n+](C)c1. The van der Waals surface area contributed by atoms with E-state index in [1.807, 2.05) is 41.0 Å². The van der Waals surface area contributed by atoms with E-state index in [2.05, 4.69) is 11.6 Å². The molecule has 0 unspecified atom stereocenters. The van der Waals surface area contributed by atoms with Gasteiger partial charge in [0.05, 0.1) is 12.8 Å². The van der Waals surface area contributed by atoms with Gasteiger partial charge in [0.25, 0.3) is 0 Å². The summed E-state index contributed by atoms with van der Waals surface area (Å²) in [7, 11) is -1.52. The normalized spacial score (nSPS) is 20.7. The van der Waals surface area contributed by atoms with Gasteiger partial charge in [0.15, 0.2) is 23.9 Å². The molecule has 2 N–H and O–H groups in total. The van der Waals surface area contributed by atoms with Gasteiger partial charge in [-0.3, -0.25) is 9.69 Å². The molecule has 2 aromatic rings. The van der Waals surface area contributed by atoms with E-state index in [4.69, 9.17) is 9.47 Å². The van der Waals surface area contributed by atoms with Gasteiger partial charge in [-0.15, -0.1) is 0 Å². The molecule has 11 nitrogen and oxygen atoms in total. The number of amides is 1. The van der Waals surface area contributed by atoms with Crippen molar-refractivity contribution in [3.8, 4) is 17.2 Å². The van der Waals surface area contributed by atoms with E-state index in [1.165, 1.54) is 0 Å². The summed E-state index contributed by atoms with van der Waals surface area (Å²) in [5.41, 5.74) is 1.49. The number of aldehydes is 1. The molecular formula is C27H37N4O7S+. The number of rotatable bonds is 12. The molecule has 3 atom stereocenters. The number of hydrogen-bond acceptors (Lipinski definition) is 8. The van der Waals surface area contributed by atoms with Gasteiger partial charge in [0, 0.05) is 43.6 Å². The van der Waals surface area contributed by atoms with Crippen LogP contribution in [0.15, 0.2) is 36.7 Å². The second-order valence-electron chi connectivity index (χ2n) is 10.2. The minimum Gasteiger partial charge on any atom is -0.504 e. The lowest BCUT2D eigenvalue weighted by Crippen LogP contribution is -2.45. The number of carbonyl (C=O) groups excluding carboxylic acids is 2. The van der Waals surface area contributed by atoms with Crippen molar-refractivity contribution in [3.05, 3.63) is 42.2 Å². The maximum Gasteiger partial charge on any atom is 0.241 e. The molecule has 0 aliphatic carbocycles. The lowest BCUT2D eigenvalue weighted by Gasteiger charge is -2.29. The number of carbonyl (C=O) groups is 2. The average molecular weight is 562 g/mol. The molecule has 4 rings (SSSR count). The fourth-order valence-corrected chi connectivity index (χ4v) is 5.90. The average Bonchev–Trinajstić information content (AvgIpc) is 3.48. The van der Waals surface area contributed by atoms with Crippen LogP contribution in [-0.2, 0) is 26.7 Å². The second kappa shape index (κ2) is 12.3. The van der Waals surface area contributed by atoms with Crippen molar-refractivity contribution in [2.24, 2.45) is 13.0 Å². The summed E-state index contributed by atoms with van der Waals surface area (Å²) in [5.74, 6) is -0.369. The Bertz CT molecular complexity index is 1300. The molecule has 0 saturated carbocycles. The molecule has 2 aliphatic heterocycles. The van der Waals surface area contributed by atoms with Crippen LogP contribution >= 0.6 is 0 Å². The van der Waals surface area contributed by atoms with Gasteiger partial charge >= 0.3 is 0 Å². The predicted molar refractivity (Wildman–Crippen MR) is 144 cm³/mol. The van der Waals surface area contributed by atoms with Gasteiger partial charge in [0.2, 0.25) is 28.5 Å². The van der Waals surface area contributed by atoms with Gasteiger partial charge in [-0.25, -0.2) is 17.7 Å². The fourth-order valence-electron chi connectivity index (χ4n) is 5.41. The highest BCUT2D eigenvalue weighted by Crippen LogP contribution is 2.46. The Morgan fingerprint density at radius 3 is 2.82 bits per heavy atom. The number of ether oxygens (including phenoxy) is 2. The molecule has 39 heavy (non-hydrogen) atoms. The van der Waals surface area contributed by atoms with E-state index in [9.17, 15) is 23.1 Å². The quantitative estimate of drug-likeness (QED) is 0.293. The molecule has 0 spiro atoms. The third kappa shape index (κ3) is 6.87. The minimum atomic E-state index is -3.42. The van der Waals surface area contributed by atoms with Crippen LogP contribution < -0.4 is 23.7 Å². The number of phenolic OH excluding ortho intramolecular Hbond substituents is 1. The van der Waals surface area contributed by atoms with Crippen molar-refractivity contribution in [2.45, 2.75) is 38.1 Å². The zero-order chi connectivity index (χ0) is 28.2. The summed E-state index contributed by atoms with van der Waals surface area (Å²) in [5, 5.41) is 10.5. The summed E-state index contributed by atoms with van der Waals surface area (Å²) in [4.78, 5) is 29.9. The number of aromatic hydroxyl groups is 1. The fraction of sp³-hybridized carbons (Fsp3) is 0.519. The Morgan fingerprint density at radius 2 is 2.13 bits per heavy atom. The number of likely N-dealkylation sites (tertiary alicyclic amines) is 1. The van der Waals surface area contributed by atoms with E-state index in [-0.39, 0.29) is 43.2 Å². The summed E-state index contributed by atoms with van der Waals surface area (Å²) in [6.45, 7) is 3.19. The molecule has 1 aromatic carbocycles. The maximum absolute atomic E-state index is 13.7. The van der Waals surface area contributed by atoms with Crippen molar-refractivity contribution in [1.29, 1.82) is 0 Å². The number of fused-ring (bicyclic) bond motifs is 1.